The SMILES string of the molecule is CC(C)Cc1nc2ccc(NC(=O)C(C)n3nnc4ccccc4c3=O)cc2[nH]1. The lowest BCUT2D eigenvalue weighted by atomic mass is 10.1. The number of rotatable bonds is 5. The van der Waals surface area contributed by atoms with Gasteiger partial charge in [-0.2, -0.15) is 4.68 Å². The molecular formula is C21H22N6O2. The largest absolute Gasteiger partial charge is 0.342 e. The third-order valence-electron chi connectivity index (χ3n) is 4.74. The molecule has 4 aromatic rings. The number of benzene rings is 2. The standard InChI is InChI=1S/C21H22N6O2/c1-12(2)10-19-23-17-9-8-14(11-18(17)24-19)22-20(28)13(3)27-21(29)15-6-4-5-7-16(15)25-26-27/h4-9,11-13H,10H2,1-3H3,(H,22,28)(H,23,24). The van der Waals surface area contributed by atoms with E-state index in [9.17, 15) is 9.59 Å². The molecule has 1 unspecified atom stereocenters. The van der Waals surface area contributed by atoms with Crippen LogP contribution in [0.4, 0.5) is 5.69 Å². The highest BCUT2D eigenvalue weighted by Crippen LogP contribution is 2.19. The zero-order valence-corrected chi connectivity index (χ0v) is 16.5. The van der Waals surface area contributed by atoms with E-state index in [1.807, 2.05) is 12.1 Å². The van der Waals surface area contributed by atoms with Crippen molar-refractivity contribution in [2.45, 2.75) is 33.2 Å². The minimum atomic E-state index is -0.812. The van der Waals surface area contributed by atoms with Crippen LogP contribution in [0.1, 0.15) is 32.6 Å². The summed E-state index contributed by atoms with van der Waals surface area (Å²) in [7, 11) is 0. The van der Waals surface area contributed by atoms with Gasteiger partial charge < -0.3 is 10.3 Å². The molecule has 0 radical (unpaired) electrons. The summed E-state index contributed by atoms with van der Waals surface area (Å²) in [6.45, 7) is 5.89. The molecule has 29 heavy (non-hydrogen) atoms. The number of H-pyrrole nitrogens is 1. The highest BCUT2D eigenvalue weighted by Gasteiger charge is 2.19. The topological polar surface area (TPSA) is 106 Å². The minimum absolute atomic E-state index is 0.347. The monoisotopic (exact) mass is 390 g/mol. The molecule has 2 heterocycles. The van der Waals surface area contributed by atoms with Gasteiger partial charge in [0.25, 0.3) is 5.56 Å². The second-order valence-corrected chi connectivity index (χ2v) is 7.53. The predicted octanol–water partition coefficient (Wildman–Crippen LogP) is 3.07. The number of nitrogens with one attached hydrogen (secondary N) is 2. The van der Waals surface area contributed by atoms with Crippen molar-refractivity contribution in [1.82, 2.24) is 25.0 Å². The van der Waals surface area contributed by atoms with Gasteiger partial charge in [0.1, 0.15) is 17.4 Å². The first-order chi connectivity index (χ1) is 13.9. The molecule has 0 spiro atoms. The highest BCUT2D eigenvalue weighted by molar-refractivity contribution is 5.95. The van der Waals surface area contributed by atoms with Gasteiger partial charge in [-0.05, 0) is 43.2 Å². The van der Waals surface area contributed by atoms with E-state index in [1.165, 1.54) is 0 Å². The first-order valence-electron chi connectivity index (χ1n) is 9.56. The Bertz CT molecular complexity index is 1260. The van der Waals surface area contributed by atoms with Crippen molar-refractivity contribution >= 4 is 33.5 Å². The van der Waals surface area contributed by atoms with E-state index in [0.717, 1.165) is 28.0 Å². The number of anilines is 1. The summed E-state index contributed by atoms with van der Waals surface area (Å²) in [5, 5.41) is 11.2. The lowest BCUT2D eigenvalue weighted by molar-refractivity contribution is -0.119. The number of amides is 1. The summed E-state index contributed by atoms with van der Waals surface area (Å²) in [6, 6.07) is 11.6. The normalized spacial score (nSPS) is 12.6. The Hall–Kier alpha value is -3.55. The van der Waals surface area contributed by atoms with Crippen LogP contribution in [0.3, 0.4) is 0 Å². The first-order valence-corrected chi connectivity index (χ1v) is 9.56. The van der Waals surface area contributed by atoms with Crippen LogP contribution in [0, 0.1) is 5.92 Å². The summed E-state index contributed by atoms with van der Waals surface area (Å²) in [4.78, 5) is 33.2. The van der Waals surface area contributed by atoms with E-state index >= 15 is 0 Å². The molecule has 0 aliphatic carbocycles. The molecule has 148 valence electrons. The second kappa shape index (κ2) is 7.46. The van der Waals surface area contributed by atoms with Gasteiger partial charge in [0.05, 0.1) is 16.4 Å². The first kappa shape index (κ1) is 18.8. The molecule has 0 fully saturated rings. The van der Waals surface area contributed by atoms with Crippen LogP contribution in [0.5, 0.6) is 0 Å². The number of carbonyl (C=O) groups excluding carboxylic acids is 1. The summed E-state index contributed by atoms with van der Waals surface area (Å²) in [5.41, 5.74) is 2.48. The van der Waals surface area contributed by atoms with Crippen molar-refractivity contribution in [3.8, 4) is 0 Å². The van der Waals surface area contributed by atoms with Crippen LogP contribution in [0.25, 0.3) is 21.9 Å². The van der Waals surface area contributed by atoms with Crippen molar-refractivity contribution in [2.24, 2.45) is 5.92 Å². The van der Waals surface area contributed by atoms with Crippen LogP contribution in [0.2, 0.25) is 0 Å². The van der Waals surface area contributed by atoms with E-state index < -0.39 is 6.04 Å². The van der Waals surface area contributed by atoms with Crippen LogP contribution < -0.4 is 10.9 Å². The molecule has 8 heteroatoms. The zero-order valence-electron chi connectivity index (χ0n) is 16.5. The fourth-order valence-electron chi connectivity index (χ4n) is 3.24. The number of aromatic amines is 1. The molecular weight excluding hydrogens is 368 g/mol. The number of imidazole rings is 1. The average molecular weight is 390 g/mol. The molecule has 2 aromatic carbocycles. The number of nitrogens with zero attached hydrogens (tertiary/aromatic N) is 4. The maximum Gasteiger partial charge on any atom is 0.278 e. The van der Waals surface area contributed by atoms with Gasteiger partial charge in [-0.15, -0.1) is 5.10 Å². The quantitative estimate of drug-likeness (QED) is 0.545. The number of hydrogen-bond donors (Lipinski definition) is 2. The fourth-order valence-corrected chi connectivity index (χ4v) is 3.24. The van der Waals surface area contributed by atoms with Gasteiger partial charge in [-0.3, -0.25) is 9.59 Å². The van der Waals surface area contributed by atoms with E-state index in [1.54, 1.807) is 37.3 Å². The number of aromatic nitrogens is 5. The molecule has 8 nitrogen and oxygen atoms in total. The van der Waals surface area contributed by atoms with E-state index in [-0.39, 0.29) is 11.5 Å². The van der Waals surface area contributed by atoms with Crippen LogP contribution in [-0.4, -0.2) is 30.9 Å². The fraction of sp³-hybridized carbons (Fsp3) is 0.286. The Kier molecular flexibility index (Phi) is 4.84. The molecule has 0 saturated heterocycles. The summed E-state index contributed by atoms with van der Waals surface area (Å²) in [6.07, 6.45) is 0.858. The van der Waals surface area contributed by atoms with Crippen molar-refractivity contribution < 1.29 is 4.79 Å². The lowest BCUT2D eigenvalue weighted by Gasteiger charge is -2.13. The molecule has 0 aliphatic heterocycles. The van der Waals surface area contributed by atoms with Crippen LogP contribution in [-0.2, 0) is 11.2 Å². The smallest absolute Gasteiger partial charge is 0.278 e. The van der Waals surface area contributed by atoms with Crippen LogP contribution in [0.15, 0.2) is 47.3 Å². The van der Waals surface area contributed by atoms with Crippen molar-refractivity contribution in [3.05, 3.63) is 58.6 Å². The van der Waals surface area contributed by atoms with E-state index in [4.69, 9.17) is 0 Å². The van der Waals surface area contributed by atoms with Gasteiger partial charge in [-0.25, -0.2) is 4.98 Å². The molecule has 1 atom stereocenters. The molecule has 0 bridgehead atoms. The van der Waals surface area contributed by atoms with Gasteiger partial charge in [0, 0.05) is 12.1 Å². The molecule has 2 aromatic heterocycles. The van der Waals surface area contributed by atoms with Crippen molar-refractivity contribution in [1.29, 1.82) is 0 Å². The van der Waals surface area contributed by atoms with E-state index in [2.05, 4.69) is 39.4 Å². The van der Waals surface area contributed by atoms with Gasteiger partial charge >= 0.3 is 0 Å². The van der Waals surface area contributed by atoms with Gasteiger partial charge in [-0.1, -0.05) is 31.2 Å². The molecule has 2 N–H and O–H groups in total. The molecule has 0 aliphatic rings. The summed E-state index contributed by atoms with van der Waals surface area (Å²) >= 11 is 0. The van der Waals surface area contributed by atoms with Gasteiger partial charge in [0.2, 0.25) is 5.91 Å². The maximum absolute atomic E-state index is 12.7. The third kappa shape index (κ3) is 3.73. The Morgan fingerprint density at radius 3 is 2.72 bits per heavy atom. The maximum atomic E-state index is 12.7. The number of carbonyl (C=O) groups is 1. The average Bonchev–Trinajstić information content (AvgIpc) is 3.08. The minimum Gasteiger partial charge on any atom is -0.342 e. The number of hydrogen-bond acceptors (Lipinski definition) is 5. The molecule has 4 rings (SSSR count). The summed E-state index contributed by atoms with van der Waals surface area (Å²) < 4.78 is 1.10. The lowest BCUT2D eigenvalue weighted by Crippen LogP contribution is -2.34. The number of fused-ring (bicyclic) bond motifs is 2. The third-order valence-corrected chi connectivity index (χ3v) is 4.74. The van der Waals surface area contributed by atoms with Crippen molar-refractivity contribution in [3.63, 3.8) is 0 Å². The van der Waals surface area contributed by atoms with Crippen molar-refractivity contribution in [2.75, 3.05) is 5.32 Å². The van der Waals surface area contributed by atoms with E-state index in [0.29, 0.717) is 22.5 Å². The van der Waals surface area contributed by atoms with Gasteiger partial charge in [0.15, 0.2) is 0 Å². The van der Waals surface area contributed by atoms with Crippen LogP contribution >= 0.6 is 0 Å². The molecule has 0 saturated carbocycles. The zero-order chi connectivity index (χ0) is 20.5. The Morgan fingerprint density at radius 1 is 1.14 bits per heavy atom. The summed E-state index contributed by atoms with van der Waals surface area (Å²) in [5.74, 6) is 1.07. The Labute approximate surface area is 167 Å². The highest BCUT2D eigenvalue weighted by atomic mass is 16.2. The Morgan fingerprint density at radius 2 is 1.93 bits per heavy atom. The second-order valence-electron chi connectivity index (χ2n) is 7.53. The Balaban J connectivity index is 1.57. The molecule has 1 amide bonds. The predicted molar refractivity (Wildman–Crippen MR) is 112 cm³/mol.